The van der Waals surface area contributed by atoms with Gasteiger partial charge in [0, 0.05) is 19.3 Å². The highest BCUT2D eigenvalue weighted by molar-refractivity contribution is 5.71. The number of esters is 3. The lowest BCUT2D eigenvalue weighted by atomic mass is 10.1. The molecule has 6 heteroatoms. The molecule has 65 heavy (non-hydrogen) atoms. The van der Waals surface area contributed by atoms with E-state index in [0.717, 1.165) is 103 Å². The number of allylic oxidation sites excluding steroid dienone is 24. The van der Waals surface area contributed by atoms with E-state index in [1.54, 1.807) is 0 Å². The van der Waals surface area contributed by atoms with Crippen LogP contribution in [0.1, 0.15) is 188 Å². The van der Waals surface area contributed by atoms with Crippen LogP contribution in [0.5, 0.6) is 0 Å². The Balaban J connectivity index is 4.59. The molecule has 0 aromatic rings. The van der Waals surface area contributed by atoms with E-state index in [9.17, 15) is 14.4 Å². The third-order valence-electron chi connectivity index (χ3n) is 10.0. The molecule has 0 amide bonds. The van der Waals surface area contributed by atoms with E-state index in [1.165, 1.54) is 32.1 Å². The second-order valence-corrected chi connectivity index (χ2v) is 16.2. The first-order valence-corrected chi connectivity index (χ1v) is 25.5. The Kier molecular flexibility index (Phi) is 48.2. The molecule has 1 atom stereocenters. The quantitative estimate of drug-likeness (QED) is 0.0199. The summed E-state index contributed by atoms with van der Waals surface area (Å²) in [6, 6.07) is 0. The largest absolute Gasteiger partial charge is 0.462 e. The van der Waals surface area contributed by atoms with Crippen molar-refractivity contribution in [1.82, 2.24) is 0 Å². The van der Waals surface area contributed by atoms with Crippen LogP contribution in [0.15, 0.2) is 146 Å². The Labute approximate surface area is 397 Å². The fourth-order valence-corrected chi connectivity index (χ4v) is 6.25. The average Bonchev–Trinajstić information content (AvgIpc) is 3.30. The first-order chi connectivity index (χ1) is 32.0. The first-order valence-electron chi connectivity index (χ1n) is 25.5. The summed E-state index contributed by atoms with van der Waals surface area (Å²) >= 11 is 0. The highest BCUT2D eigenvalue weighted by atomic mass is 16.6. The fraction of sp³-hybridized carbons (Fsp3) is 0.542. The molecule has 0 spiro atoms. The summed E-state index contributed by atoms with van der Waals surface area (Å²) in [6.07, 6.45) is 74.0. The average molecular weight is 895 g/mol. The van der Waals surface area contributed by atoms with Crippen LogP contribution in [0.25, 0.3) is 0 Å². The lowest BCUT2D eigenvalue weighted by Gasteiger charge is -2.18. The number of rotatable bonds is 43. The van der Waals surface area contributed by atoms with Crippen molar-refractivity contribution in [2.45, 2.75) is 194 Å². The van der Waals surface area contributed by atoms with Crippen LogP contribution < -0.4 is 0 Å². The molecule has 1 unspecified atom stereocenters. The molecular weight excluding hydrogens is 805 g/mol. The van der Waals surface area contributed by atoms with Crippen LogP contribution in [0.3, 0.4) is 0 Å². The summed E-state index contributed by atoms with van der Waals surface area (Å²) in [6.45, 7) is 6.24. The number of ether oxygens (including phenoxy) is 3. The lowest BCUT2D eigenvalue weighted by molar-refractivity contribution is -0.167. The van der Waals surface area contributed by atoms with Crippen molar-refractivity contribution in [2.75, 3.05) is 13.2 Å². The summed E-state index contributed by atoms with van der Waals surface area (Å²) in [4.78, 5) is 38.0. The topological polar surface area (TPSA) is 78.9 Å². The zero-order valence-electron chi connectivity index (χ0n) is 41.2. The molecule has 0 N–H and O–H groups in total. The first kappa shape index (κ1) is 60.3. The van der Waals surface area contributed by atoms with Gasteiger partial charge >= 0.3 is 17.9 Å². The van der Waals surface area contributed by atoms with E-state index in [-0.39, 0.29) is 44.0 Å². The van der Waals surface area contributed by atoms with Gasteiger partial charge in [-0.2, -0.15) is 0 Å². The maximum atomic E-state index is 12.8. The summed E-state index contributed by atoms with van der Waals surface area (Å²) in [5.74, 6) is -1.04. The number of hydrogen-bond acceptors (Lipinski definition) is 6. The molecule has 0 aliphatic rings. The van der Waals surface area contributed by atoms with Gasteiger partial charge in [0.1, 0.15) is 13.2 Å². The van der Waals surface area contributed by atoms with Gasteiger partial charge < -0.3 is 14.2 Å². The number of unbranched alkanes of at least 4 members (excludes halogenated alkanes) is 15. The Bertz CT molecular complexity index is 1490. The molecule has 0 aliphatic carbocycles. The Hall–Kier alpha value is -4.71. The van der Waals surface area contributed by atoms with E-state index in [0.29, 0.717) is 19.3 Å². The van der Waals surface area contributed by atoms with Crippen LogP contribution in [0.4, 0.5) is 0 Å². The third kappa shape index (κ3) is 50.2. The molecule has 0 heterocycles. The van der Waals surface area contributed by atoms with Crippen LogP contribution in [-0.2, 0) is 28.6 Å². The zero-order valence-corrected chi connectivity index (χ0v) is 41.2. The van der Waals surface area contributed by atoms with Crippen LogP contribution in [-0.4, -0.2) is 37.2 Å². The van der Waals surface area contributed by atoms with E-state index < -0.39 is 6.10 Å². The number of carbonyl (C=O) groups excluding carboxylic acids is 3. The number of carbonyl (C=O) groups is 3. The highest BCUT2D eigenvalue weighted by Gasteiger charge is 2.19. The van der Waals surface area contributed by atoms with Crippen LogP contribution in [0, 0.1) is 0 Å². The predicted octanol–water partition coefficient (Wildman–Crippen LogP) is 16.9. The van der Waals surface area contributed by atoms with Crippen molar-refractivity contribution in [3.8, 4) is 0 Å². The molecule has 0 bridgehead atoms. The summed E-state index contributed by atoms with van der Waals surface area (Å²) in [5, 5.41) is 0. The van der Waals surface area contributed by atoms with Gasteiger partial charge in [0.15, 0.2) is 6.10 Å². The van der Waals surface area contributed by atoms with Crippen molar-refractivity contribution in [3.05, 3.63) is 146 Å². The van der Waals surface area contributed by atoms with Gasteiger partial charge in [-0.1, -0.05) is 218 Å². The minimum Gasteiger partial charge on any atom is -0.462 e. The Morgan fingerprint density at radius 1 is 0.338 bits per heavy atom. The molecule has 0 saturated carbocycles. The van der Waals surface area contributed by atoms with Crippen molar-refractivity contribution < 1.29 is 28.6 Å². The molecule has 6 nitrogen and oxygen atoms in total. The van der Waals surface area contributed by atoms with Gasteiger partial charge in [0.05, 0.1) is 0 Å². The molecule has 0 aliphatic heterocycles. The van der Waals surface area contributed by atoms with Gasteiger partial charge in [-0.15, -0.1) is 0 Å². The normalized spacial score (nSPS) is 13.3. The van der Waals surface area contributed by atoms with Gasteiger partial charge in [-0.3, -0.25) is 14.4 Å². The molecule has 0 fully saturated rings. The highest BCUT2D eigenvalue weighted by Crippen LogP contribution is 2.12. The predicted molar refractivity (Wildman–Crippen MR) is 279 cm³/mol. The van der Waals surface area contributed by atoms with Gasteiger partial charge in [-0.25, -0.2) is 0 Å². The zero-order chi connectivity index (χ0) is 47.2. The van der Waals surface area contributed by atoms with E-state index >= 15 is 0 Å². The van der Waals surface area contributed by atoms with Gasteiger partial charge in [0.2, 0.25) is 0 Å². The molecule has 0 aromatic carbocycles. The van der Waals surface area contributed by atoms with Crippen molar-refractivity contribution in [2.24, 2.45) is 0 Å². The van der Waals surface area contributed by atoms with E-state index in [4.69, 9.17) is 14.2 Å². The monoisotopic (exact) mass is 895 g/mol. The lowest BCUT2D eigenvalue weighted by Crippen LogP contribution is -2.30. The van der Waals surface area contributed by atoms with Crippen molar-refractivity contribution >= 4 is 17.9 Å². The second kappa shape index (κ2) is 51.9. The molecular formula is C59H90O6. The summed E-state index contributed by atoms with van der Waals surface area (Å²) < 4.78 is 16.7. The standard InChI is InChI=1S/C59H90O6/c1-4-7-10-13-16-19-22-25-27-29-31-32-34-37-40-43-46-49-52-58(61)64-55-56(54-63-57(60)51-48-45-42-39-36-24-21-18-15-12-9-6-3)65-59(62)53-50-47-44-41-38-35-33-30-28-26-23-20-17-14-11-8-5-2/h8-9,11-12,14,17-18,20-23,25-33,35-36,38-39,56H,4-7,10,13,15-16,19,24,34,37,40-55H2,1-3H3/b11-8-,12-9-,17-14-,21-18-,23-20-,25-22-,28-26-,29-27-,32-31-,33-30+,38-35-,39-36-. The SMILES string of the molecule is CC\C=C/C=C\C=C/C=C\C=C\C=C/CCCCCC(=O)OC(COC(=O)CCCC/C=C\C/C=C\C/C=C\CC)COC(=O)CCCCCCC\C=C/C=C\C=C/CCCCCCC. The second-order valence-electron chi connectivity index (χ2n) is 16.2. The Morgan fingerprint density at radius 3 is 1.17 bits per heavy atom. The molecule has 362 valence electrons. The van der Waals surface area contributed by atoms with Crippen LogP contribution in [0.2, 0.25) is 0 Å². The van der Waals surface area contributed by atoms with E-state index in [1.807, 2.05) is 60.8 Å². The summed E-state index contributed by atoms with van der Waals surface area (Å²) in [5.41, 5.74) is 0. The van der Waals surface area contributed by atoms with E-state index in [2.05, 4.69) is 106 Å². The molecule has 0 rings (SSSR count). The Morgan fingerprint density at radius 2 is 0.677 bits per heavy atom. The van der Waals surface area contributed by atoms with Crippen molar-refractivity contribution in [1.29, 1.82) is 0 Å². The fourth-order valence-electron chi connectivity index (χ4n) is 6.25. The molecule has 0 saturated heterocycles. The third-order valence-corrected chi connectivity index (χ3v) is 10.0. The number of hydrogen-bond donors (Lipinski definition) is 0. The minimum atomic E-state index is -0.832. The smallest absolute Gasteiger partial charge is 0.306 e. The maximum Gasteiger partial charge on any atom is 0.306 e. The summed E-state index contributed by atoms with van der Waals surface area (Å²) in [7, 11) is 0. The van der Waals surface area contributed by atoms with Crippen LogP contribution >= 0.6 is 0 Å². The van der Waals surface area contributed by atoms with Gasteiger partial charge in [0.25, 0.3) is 0 Å². The molecule has 0 radical (unpaired) electrons. The minimum absolute atomic E-state index is 0.126. The van der Waals surface area contributed by atoms with Gasteiger partial charge in [-0.05, 0) is 96.3 Å². The molecule has 0 aromatic heterocycles. The maximum absolute atomic E-state index is 12.8. The van der Waals surface area contributed by atoms with Crippen molar-refractivity contribution in [3.63, 3.8) is 0 Å².